The predicted molar refractivity (Wildman–Crippen MR) is 80.2 cm³/mol. The molecule has 104 valence electrons. The molecular weight excluding hydrogens is 351 g/mol. The Hall–Kier alpha value is -1.79. The first-order valence-electron chi connectivity index (χ1n) is 5.43. The van der Waals surface area contributed by atoms with Crippen LogP contribution >= 0.6 is 27.5 Å². The number of nitrogens with two attached hydrogens (primary N) is 1. The monoisotopic (exact) mass is 358 g/mol. The number of hydrogen-bond acceptors (Lipinski definition) is 3. The quantitative estimate of drug-likeness (QED) is 0.716. The maximum absolute atomic E-state index is 13.7. The van der Waals surface area contributed by atoms with Gasteiger partial charge in [-0.15, -0.1) is 0 Å². The van der Waals surface area contributed by atoms with Crippen LogP contribution < -0.4 is 11.1 Å². The van der Waals surface area contributed by atoms with E-state index in [-0.39, 0.29) is 27.6 Å². The Labute approximate surface area is 127 Å². The maximum atomic E-state index is 13.7. The molecule has 0 amide bonds. The molecule has 0 unspecified atom stereocenters. The number of halogens is 3. The van der Waals surface area contributed by atoms with E-state index in [0.29, 0.717) is 4.47 Å². The average Bonchev–Trinajstić information content (AvgIpc) is 2.36. The number of hydrogen-bond donors (Lipinski definition) is 3. The van der Waals surface area contributed by atoms with Gasteiger partial charge in [-0.2, -0.15) is 0 Å². The summed E-state index contributed by atoms with van der Waals surface area (Å²) < 4.78 is 14.3. The Bertz CT molecular complexity index is 694. The summed E-state index contributed by atoms with van der Waals surface area (Å²) in [5, 5.41) is 11.9. The lowest BCUT2D eigenvalue weighted by Gasteiger charge is -2.13. The summed E-state index contributed by atoms with van der Waals surface area (Å²) in [5.74, 6) is -1.74. The second kappa shape index (κ2) is 5.68. The van der Waals surface area contributed by atoms with E-state index in [2.05, 4.69) is 21.2 Å². The molecular formula is C13H9BrClFN2O2. The number of anilines is 3. The molecule has 0 spiro atoms. The second-order valence-corrected chi connectivity index (χ2v) is 5.30. The lowest BCUT2D eigenvalue weighted by atomic mass is 10.1. The summed E-state index contributed by atoms with van der Waals surface area (Å²) in [7, 11) is 0. The number of nitrogen functional groups attached to an aromatic ring is 1. The van der Waals surface area contributed by atoms with Gasteiger partial charge in [0.05, 0.1) is 22.0 Å². The van der Waals surface area contributed by atoms with Crippen LogP contribution in [0.3, 0.4) is 0 Å². The first kappa shape index (κ1) is 14.6. The van der Waals surface area contributed by atoms with Crippen LogP contribution in [0.4, 0.5) is 21.5 Å². The maximum Gasteiger partial charge on any atom is 0.337 e. The van der Waals surface area contributed by atoms with E-state index in [1.807, 2.05) is 0 Å². The van der Waals surface area contributed by atoms with E-state index in [9.17, 15) is 9.18 Å². The molecule has 0 fully saturated rings. The van der Waals surface area contributed by atoms with E-state index >= 15 is 0 Å². The molecule has 4 nitrogen and oxygen atoms in total. The number of benzene rings is 2. The number of carboxylic acid groups (broad SMARTS) is 1. The third-order valence-corrected chi connectivity index (χ3v) is 3.32. The van der Waals surface area contributed by atoms with Crippen molar-refractivity contribution >= 4 is 50.6 Å². The minimum absolute atomic E-state index is 0.0883. The highest BCUT2D eigenvalue weighted by molar-refractivity contribution is 9.10. The molecule has 0 aliphatic carbocycles. The largest absolute Gasteiger partial charge is 0.478 e. The molecule has 0 aliphatic rings. The first-order valence-corrected chi connectivity index (χ1v) is 6.60. The number of aromatic carboxylic acids is 1. The summed E-state index contributed by atoms with van der Waals surface area (Å²) >= 11 is 9.19. The molecule has 0 aromatic heterocycles. The lowest BCUT2D eigenvalue weighted by Crippen LogP contribution is -2.05. The third-order valence-electron chi connectivity index (χ3n) is 2.53. The van der Waals surface area contributed by atoms with Gasteiger partial charge in [0.25, 0.3) is 0 Å². The standard InChI is InChI=1S/C13H9BrClFN2O2/c14-6-1-2-10(16)11(3-6)18-12-8(13(19)20)4-7(17)5-9(12)15/h1-5,18H,17H2,(H,19,20). The predicted octanol–water partition coefficient (Wildman–Crippen LogP) is 4.27. The molecule has 0 atom stereocenters. The van der Waals surface area contributed by atoms with Crippen molar-refractivity contribution in [2.45, 2.75) is 0 Å². The molecule has 0 saturated heterocycles. The zero-order valence-electron chi connectivity index (χ0n) is 9.95. The van der Waals surface area contributed by atoms with Crippen LogP contribution in [-0.4, -0.2) is 11.1 Å². The lowest BCUT2D eigenvalue weighted by molar-refractivity contribution is 0.0698. The van der Waals surface area contributed by atoms with Crippen molar-refractivity contribution in [1.29, 1.82) is 0 Å². The van der Waals surface area contributed by atoms with E-state index in [4.69, 9.17) is 22.4 Å². The van der Waals surface area contributed by atoms with Crippen molar-refractivity contribution in [2.75, 3.05) is 11.1 Å². The van der Waals surface area contributed by atoms with Gasteiger partial charge < -0.3 is 16.2 Å². The smallest absolute Gasteiger partial charge is 0.337 e. The zero-order chi connectivity index (χ0) is 14.9. The van der Waals surface area contributed by atoms with Gasteiger partial charge >= 0.3 is 5.97 Å². The van der Waals surface area contributed by atoms with Crippen LogP contribution in [0.2, 0.25) is 5.02 Å². The molecule has 2 aromatic rings. The van der Waals surface area contributed by atoms with Crippen molar-refractivity contribution in [3.05, 3.63) is 51.2 Å². The van der Waals surface area contributed by atoms with E-state index in [0.717, 1.165) is 0 Å². The zero-order valence-corrected chi connectivity index (χ0v) is 12.3. The van der Waals surface area contributed by atoms with E-state index in [1.165, 1.54) is 30.3 Å². The van der Waals surface area contributed by atoms with Gasteiger partial charge in [0.15, 0.2) is 0 Å². The molecule has 0 saturated carbocycles. The molecule has 0 bridgehead atoms. The Morgan fingerprint density at radius 3 is 2.70 bits per heavy atom. The van der Waals surface area contributed by atoms with Gasteiger partial charge in [0, 0.05) is 10.2 Å². The van der Waals surface area contributed by atoms with Crippen LogP contribution in [0.1, 0.15) is 10.4 Å². The fourth-order valence-corrected chi connectivity index (χ4v) is 2.29. The van der Waals surface area contributed by atoms with Crippen molar-refractivity contribution < 1.29 is 14.3 Å². The minimum atomic E-state index is -1.21. The molecule has 0 heterocycles. The van der Waals surface area contributed by atoms with Crippen LogP contribution in [0, 0.1) is 5.82 Å². The SMILES string of the molecule is Nc1cc(Cl)c(Nc2cc(Br)ccc2F)c(C(=O)O)c1. The highest BCUT2D eigenvalue weighted by Gasteiger charge is 2.16. The topological polar surface area (TPSA) is 75.3 Å². The summed E-state index contributed by atoms with van der Waals surface area (Å²) in [6.45, 7) is 0. The van der Waals surface area contributed by atoms with Gasteiger partial charge in [-0.05, 0) is 30.3 Å². The summed E-state index contributed by atoms with van der Waals surface area (Å²) in [6.07, 6.45) is 0. The first-order chi connectivity index (χ1) is 9.38. The molecule has 4 N–H and O–H groups in total. The van der Waals surface area contributed by atoms with Crippen molar-refractivity contribution in [1.82, 2.24) is 0 Å². The van der Waals surface area contributed by atoms with Crippen molar-refractivity contribution in [2.24, 2.45) is 0 Å². The minimum Gasteiger partial charge on any atom is -0.478 e. The Balaban J connectivity index is 2.53. The number of carbonyl (C=O) groups is 1. The highest BCUT2D eigenvalue weighted by Crippen LogP contribution is 2.33. The van der Waals surface area contributed by atoms with Gasteiger partial charge in [0.1, 0.15) is 5.82 Å². The molecule has 0 radical (unpaired) electrons. The second-order valence-electron chi connectivity index (χ2n) is 3.98. The van der Waals surface area contributed by atoms with Crippen LogP contribution in [0.25, 0.3) is 0 Å². The Morgan fingerprint density at radius 2 is 2.05 bits per heavy atom. The van der Waals surface area contributed by atoms with Gasteiger partial charge in [0.2, 0.25) is 0 Å². The van der Waals surface area contributed by atoms with Crippen molar-refractivity contribution in [3.63, 3.8) is 0 Å². The number of nitrogens with one attached hydrogen (secondary N) is 1. The fraction of sp³-hybridized carbons (Fsp3) is 0. The van der Waals surface area contributed by atoms with E-state index in [1.54, 1.807) is 0 Å². The Kier molecular flexibility index (Phi) is 4.15. The molecule has 2 aromatic carbocycles. The van der Waals surface area contributed by atoms with E-state index < -0.39 is 11.8 Å². The molecule has 20 heavy (non-hydrogen) atoms. The third kappa shape index (κ3) is 3.02. The molecule has 7 heteroatoms. The number of carboxylic acids is 1. The fourth-order valence-electron chi connectivity index (χ4n) is 1.65. The van der Waals surface area contributed by atoms with Gasteiger partial charge in [-0.3, -0.25) is 0 Å². The molecule has 0 aliphatic heterocycles. The Morgan fingerprint density at radius 1 is 1.35 bits per heavy atom. The molecule has 2 rings (SSSR count). The average molecular weight is 360 g/mol. The summed E-state index contributed by atoms with van der Waals surface area (Å²) in [4.78, 5) is 11.2. The van der Waals surface area contributed by atoms with Crippen LogP contribution in [0.15, 0.2) is 34.8 Å². The van der Waals surface area contributed by atoms with Gasteiger partial charge in [-0.1, -0.05) is 27.5 Å². The highest BCUT2D eigenvalue weighted by atomic mass is 79.9. The van der Waals surface area contributed by atoms with Crippen molar-refractivity contribution in [3.8, 4) is 0 Å². The van der Waals surface area contributed by atoms with Gasteiger partial charge in [-0.25, -0.2) is 9.18 Å². The number of rotatable bonds is 3. The van der Waals surface area contributed by atoms with Crippen LogP contribution in [-0.2, 0) is 0 Å². The van der Waals surface area contributed by atoms with Crippen LogP contribution in [0.5, 0.6) is 0 Å². The summed E-state index contributed by atoms with van der Waals surface area (Å²) in [5.41, 5.74) is 5.84. The normalized spacial score (nSPS) is 10.3. The summed E-state index contributed by atoms with van der Waals surface area (Å²) in [6, 6.07) is 6.91.